The molecule has 0 fully saturated rings. The smallest absolute Gasteiger partial charge is 0.257 e. The first-order valence-corrected chi connectivity index (χ1v) is 10.1. The molecule has 28 heavy (non-hydrogen) atoms. The van der Waals surface area contributed by atoms with Gasteiger partial charge in [-0.25, -0.2) is 8.42 Å². The maximum absolute atomic E-state index is 12.4. The lowest BCUT2D eigenvalue weighted by molar-refractivity contribution is -0.123. The SMILES string of the molecule is CCNC(=O)COc1ccc(NC(=O)CN(C)S(=O)(=O)c2ccccc2)cc1. The molecule has 8 nitrogen and oxygen atoms in total. The van der Waals surface area contributed by atoms with Crippen molar-refractivity contribution in [2.75, 3.05) is 32.1 Å². The third-order valence-corrected chi connectivity index (χ3v) is 5.52. The molecule has 0 saturated carbocycles. The molecule has 0 radical (unpaired) electrons. The van der Waals surface area contributed by atoms with E-state index in [4.69, 9.17) is 4.74 Å². The molecule has 0 unspecified atom stereocenters. The third kappa shape index (κ3) is 6.07. The molecule has 0 spiro atoms. The molecule has 2 N–H and O–H groups in total. The minimum absolute atomic E-state index is 0.0955. The van der Waals surface area contributed by atoms with Gasteiger partial charge < -0.3 is 15.4 Å². The van der Waals surface area contributed by atoms with Gasteiger partial charge in [-0.3, -0.25) is 9.59 Å². The summed E-state index contributed by atoms with van der Waals surface area (Å²) in [6.45, 7) is 1.92. The van der Waals surface area contributed by atoms with Crippen molar-refractivity contribution in [3.8, 4) is 5.75 Å². The Kier molecular flexibility index (Phi) is 7.53. The number of benzene rings is 2. The summed E-state index contributed by atoms with van der Waals surface area (Å²) in [4.78, 5) is 23.7. The Morgan fingerprint density at radius 1 is 1.00 bits per heavy atom. The molecule has 9 heteroatoms. The standard InChI is InChI=1S/C19H23N3O5S/c1-3-20-19(24)14-27-16-11-9-15(10-12-16)21-18(23)13-22(2)28(25,26)17-7-5-4-6-8-17/h4-12H,3,13-14H2,1-2H3,(H,20,24)(H,21,23). The van der Waals surface area contributed by atoms with Crippen molar-refractivity contribution in [2.45, 2.75) is 11.8 Å². The second-order valence-corrected chi connectivity index (χ2v) is 7.93. The lowest BCUT2D eigenvalue weighted by Gasteiger charge is -2.17. The molecule has 0 saturated heterocycles. The van der Waals surface area contributed by atoms with Crippen molar-refractivity contribution in [2.24, 2.45) is 0 Å². The van der Waals surface area contributed by atoms with E-state index in [2.05, 4.69) is 10.6 Å². The third-order valence-electron chi connectivity index (χ3n) is 3.70. The predicted molar refractivity (Wildman–Crippen MR) is 106 cm³/mol. The van der Waals surface area contributed by atoms with Crippen LogP contribution in [0, 0.1) is 0 Å². The van der Waals surface area contributed by atoms with Crippen LogP contribution in [0.25, 0.3) is 0 Å². The van der Waals surface area contributed by atoms with E-state index in [0.29, 0.717) is 18.0 Å². The molecule has 0 atom stereocenters. The molecule has 2 aromatic rings. The lowest BCUT2D eigenvalue weighted by atomic mass is 10.3. The Balaban J connectivity index is 1.89. The molecule has 0 heterocycles. The van der Waals surface area contributed by atoms with Crippen molar-refractivity contribution < 1.29 is 22.7 Å². The number of rotatable bonds is 9. The van der Waals surface area contributed by atoms with Gasteiger partial charge in [0.2, 0.25) is 15.9 Å². The first-order chi connectivity index (χ1) is 13.3. The number of likely N-dealkylation sites (N-methyl/N-ethyl adjacent to an activating group) is 2. The summed E-state index contributed by atoms with van der Waals surface area (Å²) >= 11 is 0. The highest BCUT2D eigenvalue weighted by Crippen LogP contribution is 2.16. The monoisotopic (exact) mass is 405 g/mol. The van der Waals surface area contributed by atoms with Crippen LogP contribution in [0.3, 0.4) is 0 Å². The van der Waals surface area contributed by atoms with Gasteiger partial charge in [0.1, 0.15) is 5.75 Å². The van der Waals surface area contributed by atoms with Crippen LogP contribution in [0.15, 0.2) is 59.5 Å². The van der Waals surface area contributed by atoms with Crippen LogP contribution in [-0.2, 0) is 19.6 Å². The minimum Gasteiger partial charge on any atom is -0.484 e. The molecule has 0 aliphatic carbocycles. The maximum Gasteiger partial charge on any atom is 0.257 e. The molecule has 2 amide bonds. The fourth-order valence-corrected chi connectivity index (χ4v) is 3.44. The quantitative estimate of drug-likeness (QED) is 0.657. The molecule has 0 aliphatic heterocycles. The van der Waals surface area contributed by atoms with Crippen LogP contribution in [0.2, 0.25) is 0 Å². The summed E-state index contributed by atoms with van der Waals surface area (Å²) in [5.41, 5.74) is 0.487. The van der Waals surface area contributed by atoms with E-state index in [1.807, 2.05) is 6.92 Å². The Bertz CT molecular complexity index is 899. The van der Waals surface area contributed by atoms with E-state index in [0.717, 1.165) is 4.31 Å². The Morgan fingerprint density at radius 3 is 2.25 bits per heavy atom. The molecule has 0 aliphatic rings. The number of sulfonamides is 1. The topological polar surface area (TPSA) is 105 Å². The van der Waals surface area contributed by atoms with Gasteiger partial charge >= 0.3 is 0 Å². The molecule has 2 rings (SSSR count). The van der Waals surface area contributed by atoms with Gasteiger partial charge in [0.05, 0.1) is 11.4 Å². The zero-order valence-electron chi connectivity index (χ0n) is 15.7. The van der Waals surface area contributed by atoms with Crippen LogP contribution >= 0.6 is 0 Å². The Hall–Kier alpha value is -2.91. The molecule has 0 bridgehead atoms. The van der Waals surface area contributed by atoms with Crippen molar-refractivity contribution in [3.63, 3.8) is 0 Å². The van der Waals surface area contributed by atoms with E-state index in [1.54, 1.807) is 42.5 Å². The summed E-state index contributed by atoms with van der Waals surface area (Å²) < 4.78 is 31.2. The molecule has 150 valence electrons. The zero-order chi connectivity index (χ0) is 20.6. The molecule has 0 aromatic heterocycles. The normalized spacial score (nSPS) is 11.1. The zero-order valence-corrected chi connectivity index (χ0v) is 16.5. The highest BCUT2D eigenvalue weighted by Gasteiger charge is 2.22. The number of ether oxygens (including phenoxy) is 1. The first kappa shape index (κ1) is 21.4. The van der Waals surface area contributed by atoms with E-state index in [-0.39, 0.29) is 24.0 Å². The van der Waals surface area contributed by atoms with Crippen molar-refractivity contribution in [1.82, 2.24) is 9.62 Å². The Labute approximate surface area is 164 Å². The van der Waals surface area contributed by atoms with Crippen LogP contribution in [-0.4, -0.2) is 51.3 Å². The van der Waals surface area contributed by atoms with Gasteiger partial charge in [0.25, 0.3) is 5.91 Å². The first-order valence-electron chi connectivity index (χ1n) is 8.63. The van der Waals surface area contributed by atoms with Gasteiger partial charge in [0, 0.05) is 19.3 Å². The second-order valence-electron chi connectivity index (χ2n) is 5.89. The maximum atomic E-state index is 12.4. The summed E-state index contributed by atoms with van der Waals surface area (Å²) in [7, 11) is -2.39. The number of hydrogen-bond donors (Lipinski definition) is 2. The van der Waals surface area contributed by atoms with Gasteiger partial charge in [-0.05, 0) is 43.3 Å². The van der Waals surface area contributed by atoms with Crippen LogP contribution in [0.1, 0.15) is 6.92 Å². The second kappa shape index (κ2) is 9.86. The summed E-state index contributed by atoms with van der Waals surface area (Å²) in [5.74, 6) is -0.214. The number of nitrogens with zero attached hydrogens (tertiary/aromatic N) is 1. The van der Waals surface area contributed by atoms with Gasteiger partial charge in [-0.1, -0.05) is 18.2 Å². The van der Waals surface area contributed by atoms with Gasteiger partial charge in [-0.2, -0.15) is 4.31 Å². The van der Waals surface area contributed by atoms with Gasteiger partial charge in [-0.15, -0.1) is 0 Å². The number of carbonyl (C=O) groups is 2. The average Bonchev–Trinajstić information content (AvgIpc) is 2.68. The van der Waals surface area contributed by atoms with Crippen LogP contribution < -0.4 is 15.4 Å². The van der Waals surface area contributed by atoms with E-state index >= 15 is 0 Å². The van der Waals surface area contributed by atoms with Crippen LogP contribution in [0.5, 0.6) is 5.75 Å². The fraction of sp³-hybridized carbons (Fsp3) is 0.263. The Morgan fingerprint density at radius 2 is 1.64 bits per heavy atom. The van der Waals surface area contributed by atoms with Crippen molar-refractivity contribution in [3.05, 3.63) is 54.6 Å². The molecular formula is C19H23N3O5S. The van der Waals surface area contributed by atoms with E-state index in [1.165, 1.54) is 19.2 Å². The number of carbonyl (C=O) groups excluding carboxylic acids is 2. The highest BCUT2D eigenvalue weighted by atomic mass is 32.2. The van der Waals surface area contributed by atoms with Crippen molar-refractivity contribution in [1.29, 1.82) is 0 Å². The predicted octanol–water partition coefficient (Wildman–Crippen LogP) is 1.46. The van der Waals surface area contributed by atoms with Crippen molar-refractivity contribution >= 4 is 27.5 Å². The number of anilines is 1. The summed E-state index contributed by atoms with van der Waals surface area (Å²) in [6.07, 6.45) is 0. The number of hydrogen-bond acceptors (Lipinski definition) is 5. The number of nitrogens with one attached hydrogen (secondary N) is 2. The van der Waals surface area contributed by atoms with E-state index in [9.17, 15) is 18.0 Å². The lowest BCUT2D eigenvalue weighted by Crippen LogP contribution is -2.34. The van der Waals surface area contributed by atoms with E-state index < -0.39 is 15.9 Å². The summed E-state index contributed by atoms with van der Waals surface area (Å²) in [5, 5.41) is 5.25. The van der Waals surface area contributed by atoms with Crippen LogP contribution in [0.4, 0.5) is 5.69 Å². The summed E-state index contributed by atoms with van der Waals surface area (Å²) in [6, 6.07) is 14.3. The minimum atomic E-state index is -3.74. The largest absolute Gasteiger partial charge is 0.484 e. The fourth-order valence-electron chi connectivity index (χ4n) is 2.29. The average molecular weight is 405 g/mol. The number of amides is 2. The van der Waals surface area contributed by atoms with Gasteiger partial charge in [0.15, 0.2) is 6.61 Å². The molecular weight excluding hydrogens is 382 g/mol. The highest BCUT2D eigenvalue weighted by molar-refractivity contribution is 7.89. The molecule has 2 aromatic carbocycles.